The number of nitrogens with two attached hydrogens (primary N) is 1. The second-order valence-corrected chi connectivity index (χ2v) is 8.26. The largest absolute Gasteiger partial charge is 0.356 e. The Morgan fingerprint density at radius 2 is 1.73 bits per heavy atom. The van der Waals surface area contributed by atoms with E-state index in [1.807, 2.05) is 24.3 Å². The maximum absolute atomic E-state index is 12.1. The van der Waals surface area contributed by atoms with Gasteiger partial charge in [0.25, 0.3) is 5.91 Å². The summed E-state index contributed by atoms with van der Waals surface area (Å²) in [5.41, 5.74) is 2.47. The van der Waals surface area contributed by atoms with Gasteiger partial charge in [-0.15, -0.1) is 24.0 Å². The quantitative estimate of drug-likeness (QED) is 0.278. The number of carbonyl (C=O) groups excluding carboxylic acids is 1. The van der Waals surface area contributed by atoms with E-state index in [9.17, 15) is 13.2 Å². The van der Waals surface area contributed by atoms with Crippen LogP contribution in [0.1, 0.15) is 21.5 Å². The van der Waals surface area contributed by atoms with Crippen molar-refractivity contribution in [3.63, 3.8) is 0 Å². The van der Waals surface area contributed by atoms with Crippen molar-refractivity contribution in [2.24, 2.45) is 10.1 Å². The molecule has 0 aliphatic carbocycles. The molecule has 164 valence electrons. The van der Waals surface area contributed by atoms with E-state index < -0.39 is 10.0 Å². The third-order valence-corrected chi connectivity index (χ3v) is 5.11. The summed E-state index contributed by atoms with van der Waals surface area (Å²) in [5.74, 6) is 0.561. The van der Waals surface area contributed by atoms with Crippen LogP contribution < -0.4 is 15.8 Å². The van der Waals surface area contributed by atoms with E-state index in [0.717, 1.165) is 17.5 Å². The van der Waals surface area contributed by atoms with Crippen molar-refractivity contribution < 1.29 is 13.2 Å². The molecule has 30 heavy (non-hydrogen) atoms. The summed E-state index contributed by atoms with van der Waals surface area (Å²) in [6.45, 7) is 1.02. The number of halogens is 1. The first-order chi connectivity index (χ1) is 13.7. The lowest BCUT2D eigenvalue weighted by Gasteiger charge is -2.13. The Bertz CT molecular complexity index is 993. The summed E-state index contributed by atoms with van der Waals surface area (Å²) in [7, 11) is 1.38. The summed E-state index contributed by atoms with van der Waals surface area (Å²) < 4.78 is 22.9. The second kappa shape index (κ2) is 11.9. The zero-order valence-corrected chi connectivity index (χ0v) is 20.4. The predicted octanol–water partition coefficient (Wildman–Crippen LogP) is 1.56. The van der Waals surface area contributed by atoms with E-state index >= 15 is 0 Å². The van der Waals surface area contributed by atoms with E-state index in [-0.39, 0.29) is 34.8 Å². The van der Waals surface area contributed by atoms with Gasteiger partial charge in [0, 0.05) is 39.8 Å². The van der Waals surface area contributed by atoms with Gasteiger partial charge in [-0.2, -0.15) is 0 Å². The van der Waals surface area contributed by atoms with E-state index in [0.29, 0.717) is 24.6 Å². The highest BCUT2D eigenvalue weighted by atomic mass is 127. The third kappa shape index (κ3) is 7.92. The molecule has 1 amide bonds. The number of sulfonamides is 1. The van der Waals surface area contributed by atoms with Crippen molar-refractivity contribution in [1.29, 1.82) is 0 Å². The molecule has 0 spiro atoms. The lowest BCUT2D eigenvalue weighted by Crippen LogP contribution is -2.37. The average molecular weight is 545 g/mol. The molecule has 0 atom stereocenters. The number of aliphatic imine (C=N–C) groups is 1. The Morgan fingerprint density at radius 1 is 1.07 bits per heavy atom. The normalized spacial score (nSPS) is 11.4. The molecule has 0 heterocycles. The zero-order valence-electron chi connectivity index (χ0n) is 17.3. The van der Waals surface area contributed by atoms with Crippen LogP contribution in [0, 0.1) is 0 Å². The third-order valence-electron chi connectivity index (χ3n) is 4.20. The number of hydrogen-bond acceptors (Lipinski definition) is 4. The molecule has 2 aromatic carbocycles. The second-order valence-electron chi connectivity index (χ2n) is 6.69. The highest BCUT2D eigenvalue weighted by Crippen LogP contribution is 2.10. The Kier molecular flexibility index (Phi) is 10.2. The van der Waals surface area contributed by atoms with Crippen LogP contribution in [0.25, 0.3) is 0 Å². The van der Waals surface area contributed by atoms with Crippen LogP contribution in [0.3, 0.4) is 0 Å². The van der Waals surface area contributed by atoms with Gasteiger partial charge in [0.1, 0.15) is 0 Å². The van der Waals surface area contributed by atoms with Crippen molar-refractivity contribution in [1.82, 2.24) is 15.5 Å². The molecular formula is C20H28IN5O3S. The Morgan fingerprint density at radius 3 is 2.37 bits per heavy atom. The molecule has 0 unspecified atom stereocenters. The van der Waals surface area contributed by atoms with Crippen molar-refractivity contribution in [3.05, 3.63) is 65.2 Å². The van der Waals surface area contributed by atoms with Crippen LogP contribution >= 0.6 is 24.0 Å². The maximum atomic E-state index is 12.1. The summed E-state index contributed by atoms with van der Waals surface area (Å²) in [5, 5.41) is 11.5. The predicted molar refractivity (Wildman–Crippen MR) is 130 cm³/mol. The van der Waals surface area contributed by atoms with Gasteiger partial charge in [-0.25, -0.2) is 13.6 Å². The molecule has 0 bridgehead atoms. The van der Waals surface area contributed by atoms with Crippen molar-refractivity contribution >= 4 is 45.9 Å². The Labute approximate surface area is 195 Å². The fourth-order valence-corrected chi connectivity index (χ4v) is 3.27. The van der Waals surface area contributed by atoms with Gasteiger partial charge < -0.3 is 15.5 Å². The highest BCUT2D eigenvalue weighted by molar-refractivity contribution is 14.0. The first-order valence-electron chi connectivity index (χ1n) is 9.07. The fraction of sp³-hybridized carbons (Fsp3) is 0.300. The number of nitrogens with one attached hydrogen (secondary N) is 2. The molecule has 2 aromatic rings. The number of guanidine groups is 1. The summed E-state index contributed by atoms with van der Waals surface area (Å²) in [6.07, 6.45) is 0.718. The molecule has 0 radical (unpaired) electrons. The van der Waals surface area contributed by atoms with Gasteiger partial charge >= 0.3 is 0 Å². The fourth-order valence-electron chi connectivity index (χ4n) is 2.68. The summed E-state index contributed by atoms with van der Waals surface area (Å²) in [4.78, 5) is 17.9. The summed E-state index contributed by atoms with van der Waals surface area (Å²) in [6, 6.07) is 14.0. The van der Waals surface area contributed by atoms with Crippen LogP contribution in [-0.2, 0) is 23.0 Å². The molecule has 0 fully saturated rings. The minimum absolute atomic E-state index is 0. The maximum Gasteiger partial charge on any atom is 0.253 e. The van der Waals surface area contributed by atoms with E-state index in [4.69, 9.17) is 5.14 Å². The highest BCUT2D eigenvalue weighted by Gasteiger charge is 2.09. The van der Waals surface area contributed by atoms with E-state index in [2.05, 4.69) is 15.6 Å². The summed E-state index contributed by atoms with van der Waals surface area (Å²) >= 11 is 0. The van der Waals surface area contributed by atoms with E-state index in [1.54, 1.807) is 38.2 Å². The molecule has 0 aromatic heterocycles. The number of nitrogens with zero attached hydrogens (tertiary/aromatic N) is 2. The van der Waals surface area contributed by atoms with Gasteiger partial charge in [-0.1, -0.05) is 24.3 Å². The average Bonchev–Trinajstić information content (AvgIpc) is 2.69. The molecule has 10 heteroatoms. The topological polar surface area (TPSA) is 117 Å². The molecule has 2 rings (SSSR count). The lowest BCUT2D eigenvalue weighted by atomic mass is 10.1. The van der Waals surface area contributed by atoms with Crippen LogP contribution in [0.4, 0.5) is 0 Å². The van der Waals surface area contributed by atoms with Crippen molar-refractivity contribution in [3.8, 4) is 0 Å². The lowest BCUT2D eigenvalue weighted by molar-refractivity contribution is 0.0827. The molecule has 0 saturated carbocycles. The minimum atomic E-state index is -3.73. The van der Waals surface area contributed by atoms with Crippen molar-refractivity contribution in [2.75, 3.05) is 27.7 Å². The van der Waals surface area contributed by atoms with Crippen molar-refractivity contribution in [2.45, 2.75) is 17.9 Å². The Balaban J connectivity index is 0.00000450. The Hall–Kier alpha value is -2.18. The number of rotatable bonds is 7. The van der Waals surface area contributed by atoms with E-state index in [1.165, 1.54) is 12.1 Å². The smallest absolute Gasteiger partial charge is 0.253 e. The molecule has 0 saturated heterocycles. The molecule has 0 aliphatic rings. The molecular weight excluding hydrogens is 517 g/mol. The minimum Gasteiger partial charge on any atom is -0.356 e. The first kappa shape index (κ1) is 25.9. The molecule has 0 aliphatic heterocycles. The van der Waals surface area contributed by atoms with Crippen LogP contribution in [0.15, 0.2) is 58.4 Å². The zero-order chi connectivity index (χ0) is 21.4. The van der Waals surface area contributed by atoms with Crippen LogP contribution in [-0.4, -0.2) is 52.9 Å². The first-order valence-corrected chi connectivity index (χ1v) is 10.6. The monoisotopic (exact) mass is 545 g/mol. The van der Waals surface area contributed by atoms with Gasteiger partial charge in [0.2, 0.25) is 10.0 Å². The number of benzene rings is 2. The SMILES string of the molecule is CN=C(NCCc1cccc(C(=O)N(C)C)c1)NCc1cccc(S(N)(=O)=O)c1.I. The number of primary sulfonamides is 1. The van der Waals surface area contributed by atoms with Crippen LogP contribution in [0.5, 0.6) is 0 Å². The number of hydrogen-bond donors (Lipinski definition) is 3. The molecule has 4 N–H and O–H groups in total. The number of carbonyl (C=O) groups is 1. The number of amides is 1. The van der Waals surface area contributed by atoms with Gasteiger partial charge in [0.15, 0.2) is 5.96 Å². The molecule has 8 nitrogen and oxygen atoms in total. The standard InChI is InChI=1S/C20H27N5O3S.HI/c1-22-20(24-14-16-7-5-9-18(13-16)29(21,27)28)23-11-10-15-6-4-8-17(12-15)19(26)25(2)3;/h4-9,12-13H,10-11,14H2,1-3H3,(H2,21,27,28)(H2,22,23,24);1H. The van der Waals surface area contributed by atoms with Gasteiger partial charge in [0.05, 0.1) is 4.90 Å². The van der Waals surface area contributed by atoms with Gasteiger partial charge in [-0.05, 0) is 41.8 Å². The van der Waals surface area contributed by atoms with Crippen LogP contribution in [0.2, 0.25) is 0 Å². The van der Waals surface area contributed by atoms with Gasteiger partial charge in [-0.3, -0.25) is 9.79 Å².